The lowest BCUT2D eigenvalue weighted by atomic mass is 10.1. The molecule has 0 aromatic heterocycles. The highest BCUT2D eigenvalue weighted by atomic mass is 79.9. The smallest absolute Gasteiger partial charge is 0.243 e. The Balaban J connectivity index is 2.07. The minimum absolute atomic E-state index is 0.115. The van der Waals surface area contributed by atoms with E-state index in [1.165, 1.54) is 0 Å². The Kier molecular flexibility index (Phi) is 4.14. The second kappa shape index (κ2) is 5.82. The highest BCUT2D eigenvalue weighted by Gasteiger charge is 2.24. The van der Waals surface area contributed by atoms with Gasteiger partial charge in [0.05, 0.1) is 17.8 Å². The van der Waals surface area contributed by atoms with Crippen molar-refractivity contribution in [3.05, 3.63) is 28.2 Å². The average Bonchev–Trinajstić information content (AvgIpc) is 2.41. The molecule has 0 bridgehead atoms. The molecule has 7 heteroatoms. The molecule has 0 spiro atoms. The predicted octanol–water partition coefficient (Wildman–Crippen LogP) is 0.347. The molecule has 1 aliphatic rings. The van der Waals surface area contributed by atoms with Gasteiger partial charge in [-0.1, -0.05) is 15.9 Å². The zero-order chi connectivity index (χ0) is 13.8. The van der Waals surface area contributed by atoms with Crippen LogP contribution >= 0.6 is 15.9 Å². The van der Waals surface area contributed by atoms with Crippen LogP contribution in [0.1, 0.15) is 5.56 Å². The first-order valence-electron chi connectivity index (χ1n) is 5.61. The molecule has 6 nitrogen and oxygen atoms in total. The molecule has 1 aliphatic heterocycles. The summed E-state index contributed by atoms with van der Waals surface area (Å²) in [5, 5.41) is 17.1. The first kappa shape index (κ1) is 13.5. The molecule has 1 aromatic carbocycles. The molecule has 1 aromatic rings. The molecule has 0 saturated carbocycles. The Morgan fingerprint density at radius 3 is 2.95 bits per heavy atom. The number of carbonyl (C=O) groups is 2. The van der Waals surface area contributed by atoms with Crippen molar-refractivity contribution in [1.82, 2.24) is 10.6 Å². The molecular formula is C12H11BrN4O2. The molecule has 1 heterocycles. The third-order valence-corrected chi connectivity index (χ3v) is 3.18. The van der Waals surface area contributed by atoms with E-state index in [4.69, 9.17) is 5.26 Å². The molecular weight excluding hydrogens is 312 g/mol. The monoisotopic (exact) mass is 322 g/mol. The summed E-state index contributed by atoms with van der Waals surface area (Å²) in [4.78, 5) is 23.0. The van der Waals surface area contributed by atoms with Crippen LogP contribution in [0.5, 0.6) is 0 Å². The number of carbonyl (C=O) groups excluding carboxylic acids is 2. The highest BCUT2D eigenvalue weighted by molar-refractivity contribution is 9.10. The van der Waals surface area contributed by atoms with Gasteiger partial charge in [0.1, 0.15) is 12.1 Å². The lowest BCUT2D eigenvalue weighted by molar-refractivity contribution is -0.124. The standard InChI is InChI=1S/C12H11BrN4O2/c13-8-1-2-9(7(3-8)4-14)17-12(19)10-5-16-11(18)6-15-10/h1-3,10,15H,5-6H2,(H,16,18)(H,17,19). The van der Waals surface area contributed by atoms with Gasteiger partial charge in [0.2, 0.25) is 11.8 Å². The molecule has 1 unspecified atom stereocenters. The number of halogens is 1. The van der Waals surface area contributed by atoms with Crippen LogP contribution in [0.2, 0.25) is 0 Å². The van der Waals surface area contributed by atoms with Gasteiger partial charge >= 0.3 is 0 Å². The number of piperazine rings is 1. The van der Waals surface area contributed by atoms with E-state index in [9.17, 15) is 9.59 Å². The molecule has 98 valence electrons. The molecule has 0 aliphatic carbocycles. The van der Waals surface area contributed by atoms with Gasteiger partial charge in [0.25, 0.3) is 0 Å². The number of amides is 2. The van der Waals surface area contributed by atoms with Crippen LogP contribution < -0.4 is 16.0 Å². The maximum absolute atomic E-state index is 12.0. The summed E-state index contributed by atoms with van der Waals surface area (Å²) in [7, 11) is 0. The van der Waals surface area contributed by atoms with Gasteiger partial charge in [-0.15, -0.1) is 0 Å². The Bertz CT molecular complexity index is 557. The highest BCUT2D eigenvalue weighted by Crippen LogP contribution is 2.20. The lowest BCUT2D eigenvalue weighted by Gasteiger charge is -2.23. The third kappa shape index (κ3) is 3.30. The molecule has 1 atom stereocenters. The second-order valence-electron chi connectivity index (χ2n) is 4.03. The van der Waals surface area contributed by atoms with E-state index in [2.05, 4.69) is 31.9 Å². The van der Waals surface area contributed by atoms with Gasteiger partial charge < -0.3 is 10.6 Å². The third-order valence-electron chi connectivity index (χ3n) is 2.69. The molecule has 2 amide bonds. The van der Waals surface area contributed by atoms with Crippen LogP contribution in [-0.2, 0) is 9.59 Å². The van der Waals surface area contributed by atoms with Crippen LogP contribution in [0.3, 0.4) is 0 Å². The maximum Gasteiger partial charge on any atom is 0.243 e. The average molecular weight is 323 g/mol. The Morgan fingerprint density at radius 1 is 1.53 bits per heavy atom. The van der Waals surface area contributed by atoms with Crippen molar-refractivity contribution in [2.75, 3.05) is 18.4 Å². The fourth-order valence-electron chi connectivity index (χ4n) is 1.69. The van der Waals surface area contributed by atoms with Crippen LogP contribution in [0.15, 0.2) is 22.7 Å². The van der Waals surface area contributed by atoms with Crippen molar-refractivity contribution in [1.29, 1.82) is 5.26 Å². The summed E-state index contributed by atoms with van der Waals surface area (Å²) in [6.07, 6.45) is 0. The molecule has 1 saturated heterocycles. The van der Waals surface area contributed by atoms with E-state index in [0.717, 1.165) is 4.47 Å². The fourth-order valence-corrected chi connectivity index (χ4v) is 2.05. The normalized spacial score (nSPS) is 18.3. The number of nitrogens with one attached hydrogen (secondary N) is 3. The minimum atomic E-state index is -0.493. The first-order valence-corrected chi connectivity index (χ1v) is 6.40. The minimum Gasteiger partial charge on any atom is -0.353 e. The molecule has 1 fully saturated rings. The van der Waals surface area contributed by atoms with Crippen molar-refractivity contribution in [3.63, 3.8) is 0 Å². The lowest BCUT2D eigenvalue weighted by Crippen LogP contribution is -2.56. The first-order chi connectivity index (χ1) is 9.10. The van der Waals surface area contributed by atoms with E-state index in [-0.39, 0.29) is 24.9 Å². The number of rotatable bonds is 2. The Labute approximate surface area is 118 Å². The topological polar surface area (TPSA) is 94.0 Å². The number of hydrogen-bond donors (Lipinski definition) is 3. The summed E-state index contributed by atoms with van der Waals surface area (Å²) in [6, 6.07) is 6.55. The van der Waals surface area contributed by atoms with E-state index in [1.807, 2.05) is 6.07 Å². The van der Waals surface area contributed by atoms with Crippen molar-refractivity contribution < 1.29 is 9.59 Å². The zero-order valence-electron chi connectivity index (χ0n) is 9.87. The molecule has 0 radical (unpaired) electrons. The number of benzene rings is 1. The van der Waals surface area contributed by atoms with Crippen LogP contribution in [0.4, 0.5) is 5.69 Å². The van der Waals surface area contributed by atoms with Crippen molar-refractivity contribution in [3.8, 4) is 6.07 Å². The fraction of sp³-hybridized carbons (Fsp3) is 0.250. The van der Waals surface area contributed by atoms with E-state index < -0.39 is 6.04 Å². The van der Waals surface area contributed by atoms with Gasteiger partial charge in [-0.25, -0.2) is 0 Å². The number of nitrogens with zero attached hydrogens (tertiary/aromatic N) is 1. The van der Waals surface area contributed by atoms with Crippen LogP contribution in [0.25, 0.3) is 0 Å². The van der Waals surface area contributed by atoms with Crippen molar-refractivity contribution in [2.24, 2.45) is 0 Å². The molecule has 2 rings (SSSR count). The zero-order valence-corrected chi connectivity index (χ0v) is 11.5. The van der Waals surface area contributed by atoms with E-state index in [0.29, 0.717) is 11.3 Å². The van der Waals surface area contributed by atoms with E-state index >= 15 is 0 Å². The second-order valence-corrected chi connectivity index (χ2v) is 4.94. The van der Waals surface area contributed by atoms with Gasteiger partial charge in [-0.05, 0) is 18.2 Å². The summed E-state index contributed by atoms with van der Waals surface area (Å²) in [6.45, 7) is 0.354. The van der Waals surface area contributed by atoms with Gasteiger partial charge in [-0.3, -0.25) is 14.9 Å². The SMILES string of the molecule is N#Cc1cc(Br)ccc1NC(=O)C1CNC(=O)CN1. The van der Waals surface area contributed by atoms with Crippen LogP contribution in [0, 0.1) is 11.3 Å². The Morgan fingerprint density at radius 2 is 2.32 bits per heavy atom. The van der Waals surface area contributed by atoms with Gasteiger partial charge in [0.15, 0.2) is 0 Å². The molecule has 19 heavy (non-hydrogen) atoms. The van der Waals surface area contributed by atoms with Crippen molar-refractivity contribution >= 4 is 33.4 Å². The largest absolute Gasteiger partial charge is 0.353 e. The van der Waals surface area contributed by atoms with Gasteiger partial charge in [0, 0.05) is 11.0 Å². The Hall–Kier alpha value is -1.91. The van der Waals surface area contributed by atoms with Crippen LogP contribution in [-0.4, -0.2) is 30.9 Å². The van der Waals surface area contributed by atoms with E-state index in [1.54, 1.807) is 18.2 Å². The van der Waals surface area contributed by atoms with Gasteiger partial charge in [-0.2, -0.15) is 5.26 Å². The number of hydrogen-bond acceptors (Lipinski definition) is 4. The quantitative estimate of drug-likeness (QED) is 0.732. The summed E-state index contributed by atoms with van der Waals surface area (Å²) < 4.78 is 0.769. The molecule has 3 N–H and O–H groups in total. The van der Waals surface area contributed by atoms with Crippen molar-refractivity contribution in [2.45, 2.75) is 6.04 Å². The predicted molar refractivity (Wildman–Crippen MR) is 72.3 cm³/mol. The summed E-state index contributed by atoms with van der Waals surface area (Å²) >= 11 is 3.26. The summed E-state index contributed by atoms with van der Waals surface area (Å²) in [5.74, 6) is -0.413. The number of nitriles is 1. The maximum atomic E-state index is 12.0. The number of anilines is 1. The summed E-state index contributed by atoms with van der Waals surface area (Å²) in [5.41, 5.74) is 0.831.